The molecular weight excluding hydrogens is 210 g/mol. The van der Waals surface area contributed by atoms with Gasteiger partial charge in [0.1, 0.15) is 0 Å². The Labute approximate surface area is 105 Å². The fourth-order valence-electron chi connectivity index (χ4n) is 2.27. The fraction of sp³-hybridized carbons (Fsp3) is 0.600. The average molecular weight is 235 g/mol. The minimum absolute atomic E-state index is 0.300. The third-order valence-electron chi connectivity index (χ3n) is 4.32. The molecule has 0 saturated carbocycles. The summed E-state index contributed by atoms with van der Waals surface area (Å²) < 4.78 is 0. The summed E-state index contributed by atoms with van der Waals surface area (Å²) in [6.45, 7) is 10.6. The van der Waals surface area contributed by atoms with Crippen LogP contribution in [0.3, 0.4) is 0 Å². The third-order valence-corrected chi connectivity index (χ3v) is 4.32. The third kappa shape index (κ3) is 2.38. The molecule has 2 unspecified atom stereocenters. The second kappa shape index (κ2) is 4.79. The van der Waals surface area contributed by atoms with Crippen molar-refractivity contribution in [3.05, 3.63) is 34.9 Å². The van der Waals surface area contributed by atoms with Crippen molar-refractivity contribution in [2.24, 2.45) is 11.1 Å². The molecule has 0 radical (unpaired) electrons. The minimum atomic E-state index is -0.896. The van der Waals surface area contributed by atoms with Crippen LogP contribution in [-0.4, -0.2) is 11.7 Å². The molecule has 96 valence electrons. The molecule has 2 atom stereocenters. The molecule has 0 amide bonds. The van der Waals surface area contributed by atoms with Crippen molar-refractivity contribution in [2.45, 2.75) is 46.6 Å². The molecular formula is C15H25NO. The van der Waals surface area contributed by atoms with Crippen LogP contribution in [0.25, 0.3) is 0 Å². The summed E-state index contributed by atoms with van der Waals surface area (Å²) in [7, 11) is 0. The van der Waals surface area contributed by atoms with Gasteiger partial charge in [-0.2, -0.15) is 0 Å². The first-order valence-electron chi connectivity index (χ1n) is 6.28. The molecule has 2 heteroatoms. The van der Waals surface area contributed by atoms with Crippen LogP contribution >= 0.6 is 0 Å². The van der Waals surface area contributed by atoms with Crippen molar-refractivity contribution in [3.8, 4) is 0 Å². The molecule has 17 heavy (non-hydrogen) atoms. The number of hydrogen-bond donors (Lipinski definition) is 2. The van der Waals surface area contributed by atoms with Crippen LogP contribution in [0.15, 0.2) is 18.2 Å². The van der Waals surface area contributed by atoms with Gasteiger partial charge >= 0.3 is 0 Å². The van der Waals surface area contributed by atoms with Gasteiger partial charge in [0, 0.05) is 12.0 Å². The molecule has 2 nitrogen and oxygen atoms in total. The highest BCUT2D eigenvalue weighted by molar-refractivity contribution is 5.36. The van der Waals surface area contributed by atoms with E-state index < -0.39 is 5.60 Å². The number of nitrogens with two attached hydrogens (primary N) is 1. The second-order valence-corrected chi connectivity index (χ2v) is 5.51. The topological polar surface area (TPSA) is 46.2 Å². The predicted molar refractivity (Wildman–Crippen MR) is 72.9 cm³/mol. The lowest BCUT2D eigenvalue weighted by Crippen LogP contribution is -2.46. The number of aliphatic hydroxyl groups is 1. The van der Waals surface area contributed by atoms with Gasteiger partial charge in [-0.1, -0.05) is 37.6 Å². The van der Waals surface area contributed by atoms with Crippen LogP contribution in [0, 0.1) is 19.3 Å². The Morgan fingerprint density at radius 1 is 1.24 bits per heavy atom. The van der Waals surface area contributed by atoms with Crippen molar-refractivity contribution >= 4 is 0 Å². The van der Waals surface area contributed by atoms with Crippen molar-refractivity contribution in [2.75, 3.05) is 6.54 Å². The lowest BCUT2D eigenvalue weighted by atomic mass is 9.68. The van der Waals surface area contributed by atoms with E-state index in [2.05, 4.69) is 32.0 Å². The van der Waals surface area contributed by atoms with Crippen LogP contribution in [-0.2, 0) is 5.60 Å². The molecule has 0 spiro atoms. The average Bonchev–Trinajstić information content (AvgIpc) is 2.30. The first-order chi connectivity index (χ1) is 7.78. The zero-order chi connectivity index (χ0) is 13.3. The monoisotopic (exact) mass is 235 g/mol. The van der Waals surface area contributed by atoms with Gasteiger partial charge in [-0.25, -0.2) is 0 Å². The summed E-state index contributed by atoms with van der Waals surface area (Å²) in [6, 6.07) is 6.20. The zero-order valence-electron chi connectivity index (χ0n) is 11.7. The van der Waals surface area contributed by atoms with Gasteiger partial charge in [0.05, 0.1) is 5.60 Å². The number of benzene rings is 1. The van der Waals surface area contributed by atoms with Crippen molar-refractivity contribution in [3.63, 3.8) is 0 Å². The molecule has 0 aromatic heterocycles. The Bertz CT molecular complexity index is 392. The number of rotatable bonds is 4. The van der Waals surface area contributed by atoms with Crippen LogP contribution in [0.1, 0.15) is 43.9 Å². The smallest absolute Gasteiger partial charge is 0.0936 e. The number of aryl methyl sites for hydroxylation is 2. The van der Waals surface area contributed by atoms with E-state index in [0.717, 1.165) is 17.5 Å². The van der Waals surface area contributed by atoms with Gasteiger partial charge in [0.15, 0.2) is 0 Å². The minimum Gasteiger partial charge on any atom is -0.385 e. The lowest BCUT2D eigenvalue weighted by molar-refractivity contribution is -0.0651. The Kier molecular flexibility index (Phi) is 4.00. The normalized spacial score (nSPS) is 18.5. The van der Waals surface area contributed by atoms with Crippen molar-refractivity contribution in [1.29, 1.82) is 0 Å². The quantitative estimate of drug-likeness (QED) is 0.843. The summed E-state index contributed by atoms with van der Waals surface area (Å²) in [6.07, 6.45) is 0.851. The summed E-state index contributed by atoms with van der Waals surface area (Å²) >= 11 is 0. The highest BCUT2D eigenvalue weighted by Crippen LogP contribution is 2.42. The highest BCUT2D eigenvalue weighted by Gasteiger charge is 2.42. The van der Waals surface area contributed by atoms with Gasteiger partial charge in [-0.15, -0.1) is 0 Å². The Morgan fingerprint density at radius 3 is 2.29 bits per heavy atom. The van der Waals surface area contributed by atoms with Crippen LogP contribution < -0.4 is 5.73 Å². The maximum absolute atomic E-state index is 10.9. The fourth-order valence-corrected chi connectivity index (χ4v) is 2.27. The van der Waals surface area contributed by atoms with E-state index in [0.29, 0.717) is 6.54 Å². The van der Waals surface area contributed by atoms with Crippen LogP contribution in [0.5, 0.6) is 0 Å². The van der Waals surface area contributed by atoms with Gasteiger partial charge < -0.3 is 10.8 Å². The summed E-state index contributed by atoms with van der Waals surface area (Å²) in [5.41, 5.74) is 7.95. The first-order valence-corrected chi connectivity index (χ1v) is 6.28. The molecule has 1 aromatic carbocycles. The maximum Gasteiger partial charge on any atom is 0.0936 e. The molecule has 3 N–H and O–H groups in total. The molecule has 0 heterocycles. The van der Waals surface area contributed by atoms with Gasteiger partial charge in [-0.05, 0) is 38.3 Å². The molecule has 0 aliphatic heterocycles. The van der Waals surface area contributed by atoms with Gasteiger partial charge in [0.2, 0.25) is 0 Å². The summed E-state index contributed by atoms with van der Waals surface area (Å²) in [5.74, 6) is 0. The Morgan fingerprint density at radius 2 is 1.82 bits per heavy atom. The van der Waals surface area contributed by atoms with E-state index >= 15 is 0 Å². The van der Waals surface area contributed by atoms with Gasteiger partial charge in [0.25, 0.3) is 0 Å². The van der Waals surface area contributed by atoms with Crippen LogP contribution in [0.2, 0.25) is 0 Å². The molecule has 0 aliphatic carbocycles. The van der Waals surface area contributed by atoms with Crippen LogP contribution in [0.4, 0.5) is 0 Å². The maximum atomic E-state index is 10.9. The first kappa shape index (κ1) is 14.2. The SMILES string of the molecule is CCC(C)(CN)C(C)(O)c1cc(C)ccc1C. The van der Waals surface area contributed by atoms with E-state index in [-0.39, 0.29) is 5.41 Å². The van der Waals surface area contributed by atoms with Gasteiger partial charge in [-0.3, -0.25) is 0 Å². The summed E-state index contributed by atoms with van der Waals surface area (Å²) in [4.78, 5) is 0. The zero-order valence-corrected chi connectivity index (χ0v) is 11.7. The van der Waals surface area contributed by atoms with E-state index in [1.807, 2.05) is 20.8 Å². The largest absolute Gasteiger partial charge is 0.385 e. The standard InChI is InChI=1S/C15H25NO/c1-6-14(4,10-16)15(5,17)13-9-11(2)7-8-12(13)3/h7-9,17H,6,10,16H2,1-5H3. The second-order valence-electron chi connectivity index (χ2n) is 5.51. The molecule has 0 aliphatic rings. The Balaban J connectivity index is 3.34. The van der Waals surface area contributed by atoms with E-state index in [1.54, 1.807) is 0 Å². The number of hydrogen-bond acceptors (Lipinski definition) is 2. The summed E-state index contributed by atoms with van der Waals surface area (Å²) in [5, 5.41) is 10.9. The van der Waals surface area contributed by atoms with Crippen molar-refractivity contribution < 1.29 is 5.11 Å². The Hall–Kier alpha value is -0.860. The molecule has 1 aromatic rings. The molecule has 1 rings (SSSR count). The molecule has 0 fully saturated rings. The van der Waals surface area contributed by atoms with Crippen molar-refractivity contribution in [1.82, 2.24) is 0 Å². The molecule has 0 bridgehead atoms. The predicted octanol–water partition coefficient (Wildman–Crippen LogP) is 2.89. The van der Waals surface area contributed by atoms with E-state index in [9.17, 15) is 5.11 Å². The lowest BCUT2D eigenvalue weighted by Gasteiger charge is -2.43. The van der Waals surface area contributed by atoms with E-state index in [4.69, 9.17) is 5.73 Å². The molecule has 0 saturated heterocycles. The van der Waals surface area contributed by atoms with E-state index in [1.165, 1.54) is 5.56 Å². The highest BCUT2D eigenvalue weighted by atomic mass is 16.3.